The quantitative estimate of drug-likeness (QED) is 0.709. The van der Waals surface area contributed by atoms with Crippen molar-refractivity contribution in [1.82, 2.24) is 4.90 Å². The number of alkyl halides is 1. The van der Waals surface area contributed by atoms with Crippen LogP contribution in [-0.2, 0) is 0 Å². The van der Waals surface area contributed by atoms with Crippen molar-refractivity contribution in [1.29, 1.82) is 0 Å². The molecule has 3 aliphatic rings. The van der Waals surface area contributed by atoms with Gasteiger partial charge >= 0.3 is 0 Å². The van der Waals surface area contributed by atoms with Gasteiger partial charge in [-0.1, -0.05) is 27.5 Å². The Bertz CT molecular complexity index is 233. The number of hydrogen-bond acceptors (Lipinski definition) is 1. The highest BCUT2D eigenvalue weighted by Gasteiger charge is 2.54. The lowest BCUT2D eigenvalue weighted by Gasteiger charge is -2.41. The van der Waals surface area contributed by atoms with Crippen LogP contribution in [0.2, 0.25) is 0 Å². The van der Waals surface area contributed by atoms with E-state index in [9.17, 15) is 0 Å². The monoisotopic (exact) mass is 263 g/mol. The van der Waals surface area contributed by atoms with Crippen molar-refractivity contribution >= 4 is 27.5 Å². The van der Waals surface area contributed by atoms with E-state index in [0.29, 0.717) is 5.54 Å². The van der Waals surface area contributed by atoms with Crippen LogP contribution in [0.4, 0.5) is 0 Å². The van der Waals surface area contributed by atoms with E-state index < -0.39 is 0 Å². The Morgan fingerprint density at radius 1 is 1.69 bits per heavy atom. The van der Waals surface area contributed by atoms with Gasteiger partial charge in [0.25, 0.3) is 0 Å². The number of hydrogen-bond donors (Lipinski definition) is 0. The maximum atomic E-state index is 5.68. The van der Waals surface area contributed by atoms with Gasteiger partial charge < -0.3 is 0 Å². The van der Waals surface area contributed by atoms with E-state index in [1.54, 1.807) is 5.54 Å². The van der Waals surface area contributed by atoms with Crippen LogP contribution < -0.4 is 0 Å². The molecule has 0 spiro atoms. The largest absolute Gasteiger partial charge is 0.293 e. The Hall–Kier alpha value is 0.470. The molecule has 0 amide bonds. The molecule has 74 valence electrons. The normalized spacial score (nSPS) is 39.3. The SMILES string of the molecule is C/C(=C\Cl)CN1CC2CC1(CBr)C2. The molecule has 0 aromatic heterocycles. The summed E-state index contributed by atoms with van der Waals surface area (Å²) in [6.07, 6.45) is 2.77. The summed E-state index contributed by atoms with van der Waals surface area (Å²) < 4.78 is 0. The topological polar surface area (TPSA) is 3.24 Å². The summed E-state index contributed by atoms with van der Waals surface area (Å²) in [5.74, 6) is 0.959. The predicted octanol–water partition coefficient (Wildman–Crippen LogP) is 2.99. The van der Waals surface area contributed by atoms with Crippen molar-refractivity contribution in [3.8, 4) is 0 Å². The van der Waals surface area contributed by atoms with Gasteiger partial charge in [0.15, 0.2) is 0 Å². The fourth-order valence-corrected chi connectivity index (χ4v) is 3.55. The second-order valence-corrected chi connectivity index (χ2v) is 5.25. The number of halogens is 2. The molecule has 0 aromatic carbocycles. The highest BCUT2D eigenvalue weighted by atomic mass is 79.9. The minimum atomic E-state index is 0.478. The van der Waals surface area contributed by atoms with E-state index in [1.807, 2.05) is 0 Å². The van der Waals surface area contributed by atoms with Crippen molar-refractivity contribution in [3.05, 3.63) is 11.1 Å². The number of fused-ring (bicyclic) bond motifs is 1. The predicted molar refractivity (Wildman–Crippen MR) is 60.4 cm³/mol. The first-order valence-corrected chi connectivity index (χ1v) is 6.33. The van der Waals surface area contributed by atoms with Crippen LogP contribution in [0.1, 0.15) is 19.8 Å². The molecule has 1 aliphatic carbocycles. The summed E-state index contributed by atoms with van der Waals surface area (Å²) in [5.41, 5.74) is 3.46. The maximum Gasteiger partial charge on any atom is 0.0316 e. The summed E-state index contributed by atoms with van der Waals surface area (Å²) in [5, 5.41) is 1.12. The van der Waals surface area contributed by atoms with E-state index in [-0.39, 0.29) is 0 Å². The first kappa shape index (κ1) is 10.0. The minimum absolute atomic E-state index is 0.478. The molecule has 0 radical (unpaired) electrons. The highest BCUT2D eigenvalue weighted by molar-refractivity contribution is 9.09. The van der Waals surface area contributed by atoms with E-state index >= 15 is 0 Å². The summed E-state index contributed by atoms with van der Waals surface area (Å²) in [6, 6.07) is 0. The number of nitrogens with zero attached hydrogens (tertiary/aromatic N) is 1. The molecule has 1 nitrogen and oxygen atoms in total. The third-order valence-electron chi connectivity index (χ3n) is 3.36. The second-order valence-electron chi connectivity index (χ2n) is 4.47. The lowest BCUT2D eigenvalue weighted by molar-refractivity contribution is 0.145. The number of rotatable bonds is 3. The molecular weight excluding hydrogens is 249 g/mol. The van der Waals surface area contributed by atoms with Gasteiger partial charge in [-0.25, -0.2) is 0 Å². The van der Waals surface area contributed by atoms with Crippen molar-refractivity contribution in [2.75, 3.05) is 18.4 Å². The first-order valence-electron chi connectivity index (χ1n) is 4.77. The Morgan fingerprint density at radius 3 is 2.92 bits per heavy atom. The molecule has 2 aliphatic heterocycles. The van der Waals surface area contributed by atoms with Gasteiger partial charge in [0.1, 0.15) is 0 Å². The van der Waals surface area contributed by atoms with Crippen molar-refractivity contribution in [2.45, 2.75) is 25.3 Å². The van der Waals surface area contributed by atoms with Crippen LogP contribution in [0.5, 0.6) is 0 Å². The van der Waals surface area contributed by atoms with Crippen molar-refractivity contribution in [3.63, 3.8) is 0 Å². The molecule has 2 heterocycles. The summed E-state index contributed by atoms with van der Waals surface area (Å²) in [6.45, 7) is 4.42. The summed E-state index contributed by atoms with van der Waals surface area (Å²) >= 11 is 9.31. The molecule has 3 fully saturated rings. The molecule has 3 heteroatoms. The van der Waals surface area contributed by atoms with E-state index in [1.165, 1.54) is 25.0 Å². The van der Waals surface area contributed by atoms with Crippen molar-refractivity contribution < 1.29 is 0 Å². The van der Waals surface area contributed by atoms with Crippen LogP contribution in [0.3, 0.4) is 0 Å². The summed E-state index contributed by atoms with van der Waals surface area (Å²) in [7, 11) is 0. The zero-order valence-electron chi connectivity index (χ0n) is 7.89. The van der Waals surface area contributed by atoms with Crippen LogP contribution >= 0.6 is 27.5 Å². The van der Waals surface area contributed by atoms with Gasteiger partial charge in [-0.15, -0.1) is 0 Å². The summed E-state index contributed by atoms with van der Waals surface area (Å²) in [4.78, 5) is 2.58. The molecule has 1 saturated carbocycles. The lowest BCUT2D eigenvalue weighted by Crippen LogP contribution is -2.47. The van der Waals surface area contributed by atoms with Crippen LogP contribution in [0.25, 0.3) is 0 Å². The van der Waals surface area contributed by atoms with Gasteiger partial charge in [0, 0.05) is 29.5 Å². The Morgan fingerprint density at radius 2 is 2.38 bits per heavy atom. The first-order chi connectivity index (χ1) is 6.20. The van der Waals surface area contributed by atoms with Gasteiger partial charge in [-0.05, 0) is 31.3 Å². The van der Waals surface area contributed by atoms with Crippen molar-refractivity contribution in [2.24, 2.45) is 5.92 Å². The molecular formula is C10H15BrClN. The highest BCUT2D eigenvalue weighted by Crippen LogP contribution is 2.51. The van der Waals surface area contributed by atoms with Crippen LogP contribution in [0, 0.1) is 5.92 Å². The molecule has 0 aromatic rings. The Kier molecular flexibility index (Phi) is 2.74. The molecule has 3 rings (SSSR count). The lowest BCUT2D eigenvalue weighted by atomic mass is 9.75. The molecule has 2 bridgehead atoms. The standard InChI is InChI=1S/C10H15BrClN/c1-8(4-12)5-13-6-9-2-10(13,3-9)7-11/h4,9H,2-3,5-7H2,1H3/b8-4+. The van der Waals surface area contributed by atoms with Gasteiger partial charge in [-0.3, -0.25) is 4.90 Å². The molecule has 0 N–H and O–H groups in total. The molecule has 2 saturated heterocycles. The third-order valence-corrected chi connectivity index (χ3v) is 4.78. The molecule has 0 unspecified atom stereocenters. The molecule has 0 atom stereocenters. The second kappa shape index (κ2) is 3.56. The van der Waals surface area contributed by atoms with Crippen LogP contribution in [0.15, 0.2) is 11.1 Å². The molecule has 13 heavy (non-hydrogen) atoms. The van der Waals surface area contributed by atoms with E-state index in [4.69, 9.17) is 11.6 Å². The third kappa shape index (κ3) is 1.57. The van der Waals surface area contributed by atoms with Gasteiger partial charge in [-0.2, -0.15) is 0 Å². The Balaban J connectivity index is 2.01. The van der Waals surface area contributed by atoms with E-state index in [0.717, 1.165) is 17.8 Å². The maximum absolute atomic E-state index is 5.68. The average molecular weight is 265 g/mol. The zero-order valence-corrected chi connectivity index (χ0v) is 10.2. The fraction of sp³-hybridized carbons (Fsp3) is 0.800. The van der Waals surface area contributed by atoms with Gasteiger partial charge in [0.2, 0.25) is 0 Å². The van der Waals surface area contributed by atoms with Crippen LogP contribution in [-0.4, -0.2) is 28.9 Å². The van der Waals surface area contributed by atoms with E-state index in [2.05, 4.69) is 27.8 Å². The smallest absolute Gasteiger partial charge is 0.0316 e. The minimum Gasteiger partial charge on any atom is -0.293 e. The fourth-order valence-electron chi connectivity index (χ4n) is 2.67. The Labute approximate surface area is 93.3 Å². The van der Waals surface area contributed by atoms with Gasteiger partial charge in [0.05, 0.1) is 0 Å². The average Bonchev–Trinajstić information content (AvgIpc) is 2.57. The zero-order chi connectivity index (χ0) is 9.47.